The monoisotopic (exact) mass is 794 g/mol. The molecule has 17 nitrogen and oxygen atoms in total. The van der Waals surface area contributed by atoms with E-state index in [2.05, 4.69) is 20.8 Å². The van der Waals surface area contributed by atoms with Crippen LogP contribution in [0.2, 0.25) is 0 Å². The van der Waals surface area contributed by atoms with Gasteiger partial charge in [0, 0.05) is 53.5 Å². The largest absolute Gasteiger partial charge is 0.509 e. The highest BCUT2D eigenvalue weighted by Gasteiger charge is 2.56. The van der Waals surface area contributed by atoms with Crippen LogP contribution in [-0.2, 0) is 28.8 Å². The summed E-state index contributed by atoms with van der Waals surface area (Å²) in [4.78, 5) is 74.6. The van der Waals surface area contributed by atoms with Gasteiger partial charge in [-0.3, -0.25) is 24.1 Å². The van der Waals surface area contributed by atoms with Crippen molar-refractivity contribution in [3.8, 4) is 0 Å². The van der Waals surface area contributed by atoms with Crippen LogP contribution in [0.3, 0.4) is 0 Å². The first kappa shape index (κ1) is 38.6. The number of aromatic nitrogens is 1. The fraction of sp³-hybridized carbons (Fsp3) is 0.545. The van der Waals surface area contributed by atoms with Gasteiger partial charge in [0.1, 0.15) is 47.8 Å². The molecule has 8 N–H and O–H groups in total. The molecule has 3 amide bonds. The Balaban J connectivity index is 1.09. The van der Waals surface area contributed by atoms with E-state index in [9.17, 15) is 44.4 Å². The Morgan fingerprint density at radius 2 is 1.87 bits per heavy atom. The first-order valence-electron chi connectivity index (χ1n) is 16.9. The normalized spacial score (nSPS) is 29.8. The number of quaternary nitrogens is 1. The third kappa shape index (κ3) is 7.49. The molecule has 0 spiro atoms. The molecule has 7 rings (SSSR count). The highest BCUT2D eigenvalue weighted by Crippen LogP contribution is 2.46. The van der Waals surface area contributed by atoms with Gasteiger partial charge in [-0.15, -0.1) is 34.7 Å². The Labute approximate surface area is 317 Å². The number of oxime groups is 1. The summed E-state index contributed by atoms with van der Waals surface area (Å²) < 4.78 is 0.662. The number of carbonyl (C=O) groups is 5. The summed E-state index contributed by atoms with van der Waals surface area (Å²) in [5.74, 6) is -4.13. The van der Waals surface area contributed by atoms with Crippen molar-refractivity contribution < 1.29 is 53.7 Å². The van der Waals surface area contributed by atoms with Crippen molar-refractivity contribution in [3.05, 3.63) is 45.8 Å². The summed E-state index contributed by atoms with van der Waals surface area (Å²) in [7, 11) is 0. The Hall–Kier alpha value is -4.17. The third-order valence-electron chi connectivity index (χ3n) is 10.7. The van der Waals surface area contributed by atoms with Crippen LogP contribution in [0.15, 0.2) is 45.3 Å². The smallest absolute Gasteiger partial charge is 0.352 e. The number of nitrogens with two attached hydrogens (primary N) is 1. The van der Waals surface area contributed by atoms with Gasteiger partial charge in [0.05, 0.1) is 30.4 Å². The summed E-state index contributed by atoms with van der Waals surface area (Å²) in [5.41, 5.74) is 4.81. The summed E-state index contributed by atoms with van der Waals surface area (Å²) in [6.07, 6.45) is 3.71. The molecular formula is C33H41ClN7O10S2+. The standard InChI is InChI=1S/C33H40ClN7O10S2/c1-32(2,30(49)50)15-51-39-21(18-13-53-31(35)37-18)26(45)38-22-27(46)40-23(29(47)48)16(12-52-28(22)40)11-41-8-5-33(6-9-41,7-10-41)14-36-25(44)17-3-4-19(42)24(43)20(17)34/h3-4,13,20,22,24,28,43H,5-12,14-15H2,1-2H3,(H6-,35,36,37,38,42,44,45,47,48,49,50)/p+1/b39-21-/t20?,22-,24?,28-,33?,41?/m1/s1. The molecule has 6 aliphatic rings. The van der Waals surface area contributed by atoms with Crippen LogP contribution in [0.25, 0.3) is 0 Å². The van der Waals surface area contributed by atoms with Gasteiger partial charge in [0.15, 0.2) is 10.8 Å². The molecule has 0 aromatic carbocycles. The predicted molar refractivity (Wildman–Crippen MR) is 194 cm³/mol. The maximum absolute atomic E-state index is 13.5. The minimum Gasteiger partial charge on any atom is -0.509 e. The zero-order valence-electron chi connectivity index (χ0n) is 28.9. The predicted octanol–water partition coefficient (Wildman–Crippen LogP) is 0.763. The van der Waals surface area contributed by atoms with Crippen LogP contribution in [-0.4, -0.2) is 138 Å². The lowest BCUT2D eigenvalue weighted by Crippen LogP contribution is -2.71. The van der Waals surface area contributed by atoms with Gasteiger partial charge < -0.3 is 46.1 Å². The van der Waals surface area contributed by atoms with Gasteiger partial charge in [-0.2, -0.15) is 0 Å². The number of nitrogens with zero attached hydrogens (tertiary/aromatic N) is 4. The number of aliphatic carboxylic acids is 2. The van der Waals surface area contributed by atoms with Crippen LogP contribution in [0.1, 0.15) is 38.8 Å². The summed E-state index contributed by atoms with van der Waals surface area (Å²) in [6, 6.07) is -1.06. The minimum atomic E-state index is -1.36. The molecule has 4 saturated heterocycles. The molecule has 53 heavy (non-hydrogen) atoms. The van der Waals surface area contributed by atoms with Crippen LogP contribution in [0, 0.1) is 10.8 Å². The van der Waals surface area contributed by atoms with Gasteiger partial charge >= 0.3 is 11.9 Å². The number of piperidine rings is 3. The number of nitrogen functional groups attached to an aromatic ring is 1. The average molecular weight is 795 g/mol. The number of aliphatic hydroxyl groups is 2. The number of nitrogens with one attached hydrogen (secondary N) is 2. The number of carboxylic acid groups (broad SMARTS) is 2. The molecule has 0 saturated carbocycles. The van der Waals surface area contributed by atoms with E-state index in [-0.39, 0.29) is 45.6 Å². The molecule has 20 heteroatoms. The zero-order chi connectivity index (χ0) is 38.5. The van der Waals surface area contributed by atoms with E-state index < -0.39 is 58.0 Å². The maximum Gasteiger partial charge on any atom is 0.352 e. The second-order valence-corrected chi connectivity index (χ2v) is 17.2. The number of anilines is 1. The van der Waals surface area contributed by atoms with Crippen molar-refractivity contribution in [3.63, 3.8) is 0 Å². The molecule has 4 fully saturated rings. The number of hydrogen-bond acceptors (Lipinski definition) is 13. The quantitative estimate of drug-likeness (QED) is 0.0480. The highest BCUT2D eigenvalue weighted by molar-refractivity contribution is 8.00. The number of rotatable bonds is 13. The summed E-state index contributed by atoms with van der Waals surface area (Å²) in [6.45, 7) is 5.66. The van der Waals surface area contributed by atoms with Crippen LogP contribution < -0.4 is 16.4 Å². The average Bonchev–Trinajstić information content (AvgIpc) is 3.56. The number of hydrogen-bond donors (Lipinski definition) is 7. The van der Waals surface area contributed by atoms with Gasteiger partial charge in [0.25, 0.3) is 11.8 Å². The van der Waals surface area contributed by atoms with Crippen LogP contribution >= 0.6 is 34.7 Å². The number of alkyl halides is 1. The Morgan fingerprint density at radius 1 is 1.19 bits per heavy atom. The number of allylic oxidation sites excluding steroid dienone is 2. The topological polar surface area (TPSA) is 254 Å². The SMILES string of the molecule is CC(C)(CO/N=C(\C(=O)N[C@@H]1C(=O)N2C(C(=O)O)=C(C[N+]34CCC(CNC(=O)C5=CC=C(O)C(O)C5Cl)(CC3)CC4)CS[C@H]12)c1csc(N)n1)C(=O)O. The third-order valence-corrected chi connectivity index (χ3v) is 13.2. The van der Waals surface area contributed by atoms with E-state index in [4.69, 9.17) is 22.2 Å². The number of fused-ring (bicyclic) bond motifs is 4. The molecule has 1 aliphatic carbocycles. The number of thiazole rings is 1. The second kappa shape index (κ2) is 14.6. The lowest BCUT2D eigenvalue weighted by molar-refractivity contribution is -0.941. The summed E-state index contributed by atoms with van der Waals surface area (Å²) in [5, 5.41) is 48.8. The van der Waals surface area contributed by atoms with Crippen molar-refractivity contribution >= 4 is 75.2 Å². The maximum atomic E-state index is 13.5. The molecule has 2 unspecified atom stereocenters. The van der Waals surface area contributed by atoms with E-state index in [0.29, 0.717) is 28.9 Å². The minimum absolute atomic E-state index is 0.0683. The van der Waals surface area contributed by atoms with Crippen molar-refractivity contribution in [1.82, 2.24) is 20.5 Å². The van der Waals surface area contributed by atoms with E-state index in [1.165, 1.54) is 48.0 Å². The Kier molecular flexibility index (Phi) is 10.6. The number of amides is 3. The molecule has 4 atom stereocenters. The molecule has 0 radical (unpaired) electrons. The molecule has 1 aromatic heterocycles. The Bertz CT molecular complexity index is 1830. The fourth-order valence-electron chi connectivity index (χ4n) is 7.23. The first-order valence-corrected chi connectivity index (χ1v) is 19.2. The molecular weight excluding hydrogens is 754 g/mol. The fourth-order valence-corrected chi connectivity index (χ4v) is 9.42. The van der Waals surface area contributed by atoms with Crippen molar-refractivity contribution in [2.75, 3.05) is 50.8 Å². The molecule has 2 bridgehead atoms. The highest BCUT2D eigenvalue weighted by atomic mass is 35.5. The number of halogens is 1. The van der Waals surface area contributed by atoms with Crippen LogP contribution in [0.5, 0.6) is 0 Å². The van der Waals surface area contributed by atoms with Gasteiger partial charge in [-0.25, -0.2) is 9.78 Å². The van der Waals surface area contributed by atoms with E-state index in [0.717, 1.165) is 50.2 Å². The van der Waals surface area contributed by atoms with Gasteiger partial charge in [0.2, 0.25) is 5.91 Å². The van der Waals surface area contributed by atoms with Gasteiger partial charge in [-0.05, 0) is 26.0 Å². The number of aliphatic hydroxyl groups excluding tert-OH is 2. The van der Waals surface area contributed by atoms with Crippen LogP contribution in [0.4, 0.5) is 5.13 Å². The van der Waals surface area contributed by atoms with Crippen molar-refractivity contribution in [1.29, 1.82) is 0 Å². The molecule has 6 heterocycles. The molecule has 1 aromatic rings. The van der Waals surface area contributed by atoms with E-state index in [1.807, 2.05) is 0 Å². The molecule has 5 aliphatic heterocycles. The Morgan fingerprint density at radius 3 is 2.47 bits per heavy atom. The second-order valence-electron chi connectivity index (χ2n) is 14.8. The van der Waals surface area contributed by atoms with Gasteiger partial charge in [-0.1, -0.05) is 5.16 Å². The van der Waals surface area contributed by atoms with E-state index >= 15 is 0 Å². The lowest BCUT2D eigenvalue weighted by atomic mass is 9.70. The van der Waals surface area contributed by atoms with E-state index in [1.54, 1.807) is 0 Å². The lowest BCUT2D eigenvalue weighted by Gasteiger charge is -2.56. The first-order chi connectivity index (χ1) is 25.0. The number of β-lactam (4-membered cyclic amide) rings is 1. The number of thioether (sulfide) groups is 1. The molecule has 286 valence electrons. The summed E-state index contributed by atoms with van der Waals surface area (Å²) >= 11 is 8.60. The van der Waals surface area contributed by atoms with Crippen molar-refractivity contribution in [2.24, 2.45) is 16.0 Å². The number of carbonyl (C=O) groups excluding carboxylic acids is 3. The zero-order valence-corrected chi connectivity index (χ0v) is 31.3. The number of carboxylic acids is 2. The van der Waals surface area contributed by atoms with Crippen molar-refractivity contribution in [2.45, 2.75) is 56.0 Å².